The minimum atomic E-state index is 0.635. The highest BCUT2D eigenvalue weighted by Gasteiger charge is 2.20. The van der Waals surface area contributed by atoms with Gasteiger partial charge in [-0.3, -0.25) is 0 Å². The maximum atomic E-state index is 6.53. The van der Waals surface area contributed by atoms with E-state index in [-0.39, 0.29) is 0 Å². The highest BCUT2D eigenvalue weighted by atomic mass is 35.5. The molecule has 29 heavy (non-hydrogen) atoms. The third-order valence-electron chi connectivity index (χ3n) is 4.89. The third-order valence-corrected chi connectivity index (χ3v) is 5.21. The summed E-state index contributed by atoms with van der Waals surface area (Å²) in [6, 6.07) is 23.6. The molecule has 0 atom stereocenters. The lowest BCUT2D eigenvalue weighted by atomic mass is 10.0. The van der Waals surface area contributed by atoms with Gasteiger partial charge in [-0.25, -0.2) is 4.68 Å². The number of hydrogen-bond donors (Lipinski definition) is 0. The van der Waals surface area contributed by atoms with Crippen molar-refractivity contribution < 1.29 is 9.47 Å². The van der Waals surface area contributed by atoms with Crippen molar-refractivity contribution in [3.05, 3.63) is 83.4 Å². The zero-order valence-electron chi connectivity index (χ0n) is 16.5. The van der Waals surface area contributed by atoms with Crippen molar-refractivity contribution in [2.75, 3.05) is 14.2 Å². The van der Waals surface area contributed by atoms with E-state index >= 15 is 0 Å². The lowest BCUT2D eigenvalue weighted by molar-refractivity contribution is 0.415. The van der Waals surface area contributed by atoms with Crippen LogP contribution in [0.4, 0.5) is 0 Å². The summed E-state index contributed by atoms with van der Waals surface area (Å²) in [7, 11) is 3.33. The lowest BCUT2D eigenvalue weighted by Gasteiger charge is -2.11. The van der Waals surface area contributed by atoms with Gasteiger partial charge in [0.2, 0.25) is 0 Å². The molecule has 146 valence electrons. The van der Waals surface area contributed by atoms with E-state index in [4.69, 9.17) is 26.2 Å². The van der Waals surface area contributed by atoms with Crippen molar-refractivity contribution in [3.8, 4) is 39.7 Å². The number of methoxy groups -OCH3 is 2. The molecule has 0 radical (unpaired) electrons. The maximum Gasteiger partial charge on any atom is 0.119 e. The van der Waals surface area contributed by atoms with Crippen LogP contribution in [0.25, 0.3) is 28.2 Å². The first kappa shape index (κ1) is 19.1. The standard InChI is InChI=1S/C24H21ClN2O2/c1-16-23(17-8-6-10-19(14-17)28-2)26-27(22-13-5-4-12-21(22)25)24(16)18-9-7-11-20(15-18)29-3/h4-15H,1-3H3. The summed E-state index contributed by atoms with van der Waals surface area (Å²) in [4.78, 5) is 0. The van der Waals surface area contributed by atoms with Crippen molar-refractivity contribution in [2.24, 2.45) is 0 Å². The van der Waals surface area contributed by atoms with E-state index in [9.17, 15) is 0 Å². The summed E-state index contributed by atoms with van der Waals surface area (Å²) in [6.45, 7) is 2.07. The molecule has 0 aliphatic carbocycles. The largest absolute Gasteiger partial charge is 0.497 e. The highest BCUT2D eigenvalue weighted by Crippen LogP contribution is 2.37. The van der Waals surface area contributed by atoms with E-state index in [0.717, 1.165) is 45.3 Å². The Hall–Kier alpha value is -3.24. The lowest BCUT2D eigenvalue weighted by Crippen LogP contribution is -2.00. The van der Waals surface area contributed by atoms with Gasteiger partial charge in [-0.1, -0.05) is 48.0 Å². The van der Waals surface area contributed by atoms with E-state index in [1.165, 1.54) is 0 Å². The number of benzene rings is 3. The normalized spacial score (nSPS) is 10.8. The molecule has 4 aromatic rings. The topological polar surface area (TPSA) is 36.3 Å². The first-order chi connectivity index (χ1) is 14.1. The van der Waals surface area contributed by atoms with Crippen molar-refractivity contribution in [3.63, 3.8) is 0 Å². The molecule has 0 aliphatic heterocycles. The predicted octanol–water partition coefficient (Wildman–Crippen LogP) is 6.19. The van der Waals surface area contributed by atoms with Gasteiger partial charge in [0, 0.05) is 16.7 Å². The Morgan fingerprint density at radius 1 is 0.793 bits per heavy atom. The molecule has 0 aliphatic rings. The average molecular weight is 405 g/mol. The van der Waals surface area contributed by atoms with Gasteiger partial charge in [-0.05, 0) is 43.3 Å². The van der Waals surface area contributed by atoms with E-state index < -0.39 is 0 Å². The van der Waals surface area contributed by atoms with Crippen LogP contribution < -0.4 is 9.47 Å². The van der Waals surface area contributed by atoms with Gasteiger partial charge < -0.3 is 9.47 Å². The SMILES string of the molecule is COc1cccc(-c2nn(-c3ccccc3Cl)c(-c3cccc(OC)c3)c2C)c1. The van der Waals surface area contributed by atoms with Crippen LogP contribution in [0.1, 0.15) is 5.56 Å². The van der Waals surface area contributed by atoms with Crippen molar-refractivity contribution in [1.29, 1.82) is 0 Å². The quantitative estimate of drug-likeness (QED) is 0.398. The fourth-order valence-corrected chi connectivity index (χ4v) is 3.66. The van der Waals surface area contributed by atoms with Crippen LogP contribution >= 0.6 is 11.6 Å². The molecule has 5 heteroatoms. The Balaban J connectivity index is 1.99. The predicted molar refractivity (Wildman–Crippen MR) is 117 cm³/mol. The van der Waals surface area contributed by atoms with Crippen LogP contribution in [0.5, 0.6) is 11.5 Å². The molecule has 1 aromatic heterocycles. The van der Waals surface area contributed by atoms with Crippen LogP contribution in [0, 0.1) is 6.92 Å². The molecule has 0 saturated heterocycles. The van der Waals surface area contributed by atoms with Crippen LogP contribution in [-0.2, 0) is 0 Å². The van der Waals surface area contributed by atoms with Gasteiger partial charge in [0.25, 0.3) is 0 Å². The molecule has 1 heterocycles. The first-order valence-corrected chi connectivity index (χ1v) is 9.63. The zero-order chi connectivity index (χ0) is 20.4. The molecule has 0 unspecified atom stereocenters. The molecule has 4 rings (SSSR count). The molecular formula is C24H21ClN2O2. The number of hydrogen-bond acceptors (Lipinski definition) is 3. The monoisotopic (exact) mass is 404 g/mol. The van der Waals surface area contributed by atoms with E-state index in [0.29, 0.717) is 5.02 Å². The van der Waals surface area contributed by atoms with Gasteiger partial charge in [0.15, 0.2) is 0 Å². The Bertz CT molecular complexity index is 1170. The van der Waals surface area contributed by atoms with Crippen LogP contribution in [0.2, 0.25) is 5.02 Å². The molecule has 0 amide bonds. The molecule has 0 saturated carbocycles. The minimum absolute atomic E-state index is 0.635. The number of nitrogens with zero attached hydrogens (tertiary/aromatic N) is 2. The Morgan fingerprint density at radius 3 is 2.07 bits per heavy atom. The summed E-state index contributed by atoms with van der Waals surface area (Å²) >= 11 is 6.53. The fourth-order valence-electron chi connectivity index (χ4n) is 3.45. The van der Waals surface area contributed by atoms with Gasteiger partial charge in [-0.2, -0.15) is 5.10 Å². The van der Waals surface area contributed by atoms with E-state index in [2.05, 4.69) is 13.0 Å². The second kappa shape index (κ2) is 8.02. The summed E-state index contributed by atoms with van der Waals surface area (Å²) in [6.07, 6.45) is 0. The Morgan fingerprint density at radius 2 is 1.41 bits per heavy atom. The smallest absolute Gasteiger partial charge is 0.119 e. The first-order valence-electron chi connectivity index (χ1n) is 9.25. The van der Waals surface area contributed by atoms with Gasteiger partial charge in [0.1, 0.15) is 11.5 Å². The van der Waals surface area contributed by atoms with Crippen LogP contribution in [0.15, 0.2) is 72.8 Å². The third kappa shape index (κ3) is 3.59. The molecule has 3 aromatic carbocycles. The summed E-state index contributed by atoms with van der Waals surface area (Å²) in [5.41, 5.74) is 5.70. The van der Waals surface area contributed by atoms with Gasteiger partial charge >= 0.3 is 0 Å². The zero-order valence-corrected chi connectivity index (χ0v) is 17.3. The van der Waals surface area contributed by atoms with Gasteiger partial charge in [-0.15, -0.1) is 0 Å². The number of aromatic nitrogens is 2. The molecule has 0 spiro atoms. The average Bonchev–Trinajstić information content (AvgIpc) is 3.11. The molecule has 0 bridgehead atoms. The number of ether oxygens (including phenoxy) is 2. The molecule has 0 N–H and O–H groups in total. The van der Waals surface area contributed by atoms with Gasteiger partial charge in [0.05, 0.1) is 36.3 Å². The number of para-hydroxylation sites is 1. The summed E-state index contributed by atoms with van der Waals surface area (Å²) in [5, 5.41) is 5.59. The molecule has 0 fully saturated rings. The fraction of sp³-hybridized carbons (Fsp3) is 0.125. The van der Waals surface area contributed by atoms with Crippen molar-refractivity contribution >= 4 is 11.6 Å². The van der Waals surface area contributed by atoms with Crippen molar-refractivity contribution in [1.82, 2.24) is 9.78 Å². The second-order valence-corrected chi connectivity index (χ2v) is 7.06. The van der Waals surface area contributed by atoms with Crippen LogP contribution in [-0.4, -0.2) is 24.0 Å². The molecule has 4 nitrogen and oxygen atoms in total. The number of halogens is 1. The maximum absolute atomic E-state index is 6.53. The minimum Gasteiger partial charge on any atom is -0.497 e. The highest BCUT2D eigenvalue weighted by molar-refractivity contribution is 6.32. The van der Waals surface area contributed by atoms with E-state index in [1.54, 1.807) is 14.2 Å². The van der Waals surface area contributed by atoms with E-state index in [1.807, 2.05) is 71.4 Å². The Kier molecular flexibility index (Phi) is 5.28. The summed E-state index contributed by atoms with van der Waals surface area (Å²) in [5.74, 6) is 1.58. The number of rotatable bonds is 5. The second-order valence-electron chi connectivity index (χ2n) is 6.65. The van der Waals surface area contributed by atoms with Crippen molar-refractivity contribution in [2.45, 2.75) is 6.92 Å². The molecular weight excluding hydrogens is 384 g/mol. The summed E-state index contributed by atoms with van der Waals surface area (Å²) < 4.78 is 12.7. The van der Waals surface area contributed by atoms with Crippen LogP contribution in [0.3, 0.4) is 0 Å². The Labute approximate surface area is 175 Å².